The lowest BCUT2D eigenvalue weighted by Gasteiger charge is -2.48. The van der Waals surface area contributed by atoms with E-state index in [0.29, 0.717) is 0 Å². The second-order valence-corrected chi connectivity index (χ2v) is 11.3. The number of rotatable bonds is 2. The van der Waals surface area contributed by atoms with E-state index in [9.17, 15) is 61.3 Å². The van der Waals surface area contributed by atoms with Crippen LogP contribution in [0.1, 0.15) is 0 Å². The second kappa shape index (κ2) is 14.1. The molecular formula is C24H40O20. The van der Waals surface area contributed by atoms with Crippen molar-refractivity contribution in [2.24, 2.45) is 0 Å². The molecule has 0 aromatic carbocycles. The maximum absolute atomic E-state index is 11.0. The highest BCUT2D eigenvalue weighted by Gasteiger charge is 2.54. The van der Waals surface area contributed by atoms with Crippen LogP contribution in [0.25, 0.3) is 0 Å². The molecule has 9 unspecified atom stereocenters. The molecule has 5 aliphatic heterocycles. The Kier molecular flexibility index (Phi) is 11.1. The molecule has 0 aromatic heterocycles. The molecule has 5 saturated heterocycles. The fraction of sp³-hybridized carbons (Fsp3) is 1.00. The summed E-state index contributed by atoms with van der Waals surface area (Å²) in [5.74, 6) is 0. The Morgan fingerprint density at radius 2 is 0.727 bits per heavy atom. The van der Waals surface area contributed by atoms with Crippen LogP contribution in [0.5, 0.6) is 0 Å². The summed E-state index contributed by atoms with van der Waals surface area (Å²) in [5.41, 5.74) is 0. The van der Waals surface area contributed by atoms with Gasteiger partial charge in [0.1, 0.15) is 97.7 Å². The first-order valence-electron chi connectivity index (χ1n) is 14.1. The van der Waals surface area contributed by atoms with Gasteiger partial charge in [-0.1, -0.05) is 0 Å². The summed E-state index contributed by atoms with van der Waals surface area (Å²) in [4.78, 5) is 0. The van der Waals surface area contributed by atoms with Crippen molar-refractivity contribution in [1.29, 1.82) is 0 Å². The van der Waals surface area contributed by atoms with Crippen LogP contribution in [0.2, 0.25) is 0 Å². The third kappa shape index (κ3) is 6.50. The molecule has 5 fully saturated rings. The predicted octanol–water partition coefficient (Wildman–Crippen LogP) is -8.70. The van der Waals surface area contributed by atoms with Gasteiger partial charge in [0.25, 0.3) is 0 Å². The fourth-order valence-corrected chi connectivity index (χ4v) is 5.73. The van der Waals surface area contributed by atoms with Crippen molar-refractivity contribution in [2.45, 2.75) is 123 Å². The summed E-state index contributed by atoms with van der Waals surface area (Å²) in [6.45, 7) is -2.95. The van der Waals surface area contributed by atoms with Crippen molar-refractivity contribution in [1.82, 2.24) is 0 Å². The summed E-state index contributed by atoms with van der Waals surface area (Å²) in [7, 11) is 0. The summed E-state index contributed by atoms with van der Waals surface area (Å²) in [6, 6.07) is 0. The lowest BCUT2D eigenvalue weighted by Crippen LogP contribution is -2.67. The van der Waals surface area contributed by atoms with Gasteiger partial charge in [-0.2, -0.15) is 0 Å². The van der Waals surface area contributed by atoms with Crippen molar-refractivity contribution in [2.75, 3.05) is 26.4 Å². The highest BCUT2D eigenvalue weighted by atomic mass is 16.8. The first-order valence-corrected chi connectivity index (χ1v) is 14.1. The van der Waals surface area contributed by atoms with Gasteiger partial charge in [-0.15, -0.1) is 0 Å². The number of fused-ring (bicyclic) bond motifs is 8. The molecule has 20 nitrogen and oxygen atoms in total. The highest BCUT2D eigenvalue weighted by molar-refractivity contribution is 4.97. The van der Waals surface area contributed by atoms with E-state index in [1.54, 1.807) is 0 Å². The average Bonchev–Trinajstić information content (AvgIpc) is 3.01. The Hall–Kier alpha value is -0.800. The van der Waals surface area contributed by atoms with Gasteiger partial charge in [0, 0.05) is 0 Å². The molecule has 5 aliphatic rings. The van der Waals surface area contributed by atoms with Crippen LogP contribution in [0.15, 0.2) is 0 Å². The van der Waals surface area contributed by atoms with Gasteiger partial charge in [-0.3, -0.25) is 0 Å². The Bertz CT molecular complexity index is 860. The molecule has 0 radical (unpaired) electrons. The van der Waals surface area contributed by atoms with E-state index in [-0.39, 0.29) is 0 Å². The fourth-order valence-electron chi connectivity index (χ4n) is 5.73. The Morgan fingerprint density at radius 1 is 0.364 bits per heavy atom. The van der Waals surface area contributed by atoms with E-state index in [1.165, 1.54) is 0 Å². The van der Waals surface area contributed by atoms with Gasteiger partial charge in [0.2, 0.25) is 0 Å². The zero-order valence-corrected chi connectivity index (χ0v) is 23.0. The molecule has 0 spiro atoms. The van der Waals surface area contributed by atoms with E-state index < -0.39 is 149 Å². The lowest BCUT2D eigenvalue weighted by molar-refractivity contribution is -0.383. The molecule has 256 valence electrons. The normalized spacial score (nSPS) is 55.9. The summed E-state index contributed by atoms with van der Waals surface area (Å²) < 4.78 is 44.3. The standard InChI is InChI=1S/C24H40O20/c25-1-5-11(29)19-17(35)21(39-5)37-3-7-9(27)14(32)16(34)24(42-7)44-20-12(30)6(2-26)40-22(18(20)36)38-4-8-10(28)13(31)15(33)23(41-8)43-19/h5-36H,1-4H2/t5-,6-,7?,8?,9+,10+,11?,12?,13-,14?,15?,16-,17?,18?,19-,20-,21?,22-,23+,24+/m0/s1. The van der Waals surface area contributed by atoms with Crippen LogP contribution < -0.4 is 0 Å². The molecule has 5 rings (SSSR count). The average molecular weight is 649 g/mol. The molecular weight excluding hydrogens is 608 g/mol. The predicted molar refractivity (Wildman–Crippen MR) is 131 cm³/mol. The highest BCUT2D eigenvalue weighted by Crippen LogP contribution is 2.33. The molecule has 0 aromatic rings. The Morgan fingerprint density at radius 3 is 1.07 bits per heavy atom. The summed E-state index contributed by atoms with van der Waals surface area (Å²) in [5, 5.41) is 126. The molecule has 20 heteroatoms. The maximum Gasteiger partial charge on any atom is 0.187 e. The van der Waals surface area contributed by atoms with Crippen molar-refractivity contribution in [3.8, 4) is 0 Å². The molecule has 0 amide bonds. The Balaban J connectivity index is 1.47. The monoisotopic (exact) mass is 648 g/mol. The molecule has 8 bridgehead atoms. The minimum Gasteiger partial charge on any atom is -0.394 e. The van der Waals surface area contributed by atoms with E-state index in [4.69, 9.17) is 37.9 Å². The third-order valence-corrected chi connectivity index (χ3v) is 8.41. The molecule has 0 saturated carbocycles. The van der Waals surface area contributed by atoms with Crippen LogP contribution >= 0.6 is 0 Å². The zero-order chi connectivity index (χ0) is 32.0. The number of hydrogen-bond acceptors (Lipinski definition) is 20. The van der Waals surface area contributed by atoms with Gasteiger partial charge < -0.3 is 99.2 Å². The van der Waals surface area contributed by atoms with E-state index in [1.807, 2.05) is 0 Å². The first-order chi connectivity index (χ1) is 20.9. The smallest absolute Gasteiger partial charge is 0.187 e. The van der Waals surface area contributed by atoms with Gasteiger partial charge >= 0.3 is 0 Å². The van der Waals surface area contributed by atoms with Crippen LogP contribution in [0, 0.1) is 0 Å². The Labute approximate surface area is 249 Å². The topological polar surface area (TPSA) is 317 Å². The molecule has 5 heterocycles. The van der Waals surface area contributed by atoms with Crippen molar-refractivity contribution in [3.63, 3.8) is 0 Å². The van der Waals surface area contributed by atoms with E-state index in [2.05, 4.69) is 0 Å². The van der Waals surface area contributed by atoms with Crippen LogP contribution in [0.4, 0.5) is 0 Å². The minimum atomic E-state index is -1.93. The quantitative estimate of drug-likeness (QED) is 0.132. The van der Waals surface area contributed by atoms with E-state index in [0.717, 1.165) is 0 Å². The van der Waals surface area contributed by atoms with Gasteiger partial charge in [-0.25, -0.2) is 0 Å². The van der Waals surface area contributed by atoms with Gasteiger partial charge in [-0.05, 0) is 0 Å². The first kappa shape index (κ1) is 34.5. The van der Waals surface area contributed by atoms with E-state index >= 15 is 0 Å². The number of ether oxygens (including phenoxy) is 8. The molecule has 20 atom stereocenters. The second-order valence-electron chi connectivity index (χ2n) is 11.3. The molecule has 12 N–H and O–H groups in total. The SMILES string of the molecule is OC[C@@H]1OC2OCC3O[C@H](O[C@@H]4C(O)[C@@H](OCC5O[C@H](O[C@H](C2O)C1O)C(O)[C@@H](O)[C@@H]5O)O[C@@H](CO)C4O)[C@@H](O)C(O)[C@@H]3O. The van der Waals surface area contributed by atoms with Gasteiger partial charge in [0.05, 0.1) is 26.4 Å². The summed E-state index contributed by atoms with van der Waals surface area (Å²) >= 11 is 0. The molecule has 0 aliphatic carbocycles. The largest absolute Gasteiger partial charge is 0.394 e. The van der Waals surface area contributed by atoms with Crippen LogP contribution in [-0.2, 0) is 37.9 Å². The van der Waals surface area contributed by atoms with Crippen LogP contribution in [0.3, 0.4) is 0 Å². The minimum absolute atomic E-state index is 0.674. The third-order valence-electron chi connectivity index (χ3n) is 8.41. The van der Waals surface area contributed by atoms with Crippen molar-refractivity contribution in [3.05, 3.63) is 0 Å². The van der Waals surface area contributed by atoms with Crippen molar-refractivity contribution < 1.29 is 99.2 Å². The van der Waals surface area contributed by atoms with Gasteiger partial charge in [0.15, 0.2) is 25.2 Å². The molecule has 44 heavy (non-hydrogen) atoms. The number of hydrogen-bond donors (Lipinski definition) is 12. The maximum atomic E-state index is 11.0. The number of aliphatic hydroxyl groups is 12. The lowest BCUT2D eigenvalue weighted by atomic mass is 9.96. The zero-order valence-electron chi connectivity index (χ0n) is 23.0. The number of aliphatic hydroxyl groups excluding tert-OH is 12. The van der Waals surface area contributed by atoms with Crippen LogP contribution in [-0.4, -0.2) is 211 Å². The summed E-state index contributed by atoms with van der Waals surface area (Å²) in [6.07, 6.45) is -34.8. The van der Waals surface area contributed by atoms with Crippen molar-refractivity contribution >= 4 is 0 Å².